The van der Waals surface area contributed by atoms with Gasteiger partial charge in [-0.2, -0.15) is 0 Å². The van der Waals surface area contributed by atoms with Gasteiger partial charge in [-0.3, -0.25) is 0 Å². The Labute approximate surface area is 295 Å². The standard InChI is InChI=1S/C47H30N4/c1-3-13-31(14-4-1)39-28-26-36(30-44(39)51-42-21-11-9-19-40(42)41-20-10-12-22-43(41)51)47-49-45(33-16-5-2-6-17-33)48-46(50-47)35-25-27-38-34(29-35)24-23-32-15-7-8-18-37(32)38/h1-30H. The topological polar surface area (TPSA) is 43.6 Å². The average Bonchev–Trinajstić information content (AvgIpc) is 3.55. The van der Waals surface area contributed by atoms with E-state index in [-0.39, 0.29) is 0 Å². The summed E-state index contributed by atoms with van der Waals surface area (Å²) in [6.45, 7) is 0. The highest BCUT2D eigenvalue weighted by Gasteiger charge is 2.19. The average molecular weight is 651 g/mol. The molecule has 0 aliphatic carbocycles. The number of hydrogen-bond donors (Lipinski definition) is 0. The van der Waals surface area contributed by atoms with E-state index in [1.54, 1.807) is 0 Å². The first-order chi connectivity index (χ1) is 25.3. The fourth-order valence-corrected chi connectivity index (χ4v) is 7.40. The number of fused-ring (bicyclic) bond motifs is 6. The molecule has 0 aliphatic heterocycles. The first kappa shape index (κ1) is 29.0. The monoisotopic (exact) mass is 650 g/mol. The molecule has 0 amide bonds. The van der Waals surface area contributed by atoms with Crippen LogP contribution in [0.1, 0.15) is 0 Å². The third kappa shape index (κ3) is 4.96. The zero-order chi connectivity index (χ0) is 33.7. The van der Waals surface area contributed by atoms with Crippen molar-refractivity contribution in [3.63, 3.8) is 0 Å². The summed E-state index contributed by atoms with van der Waals surface area (Å²) in [5, 5.41) is 7.26. The largest absolute Gasteiger partial charge is 0.309 e. The molecule has 0 radical (unpaired) electrons. The van der Waals surface area contributed by atoms with Crippen molar-refractivity contribution in [2.24, 2.45) is 0 Å². The zero-order valence-electron chi connectivity index (χ0n) is 27.6. The lowest BCUT2D eigenvalue weighted by atomic mass is 9.99. The summed E-state index contributed by atoms with van der Waals surface area (Å²) in [6.07, 6.45) is 0. The lowest BCUT2D eigenvalue weighted by Crippen LogP contribution is -2.02. The summed E-state index contributed by atoms with van der Waals surface area (Å²) in [6, 6.07) is 64.0. The van der Waals surface area contributed by atoms with Crippen LogP contribution in [0.2, 0.25) is 0 Å². The van der Waals surface area contributed by atoms with Gasteiger partial charge in [0.1, 0.15) is 0 Å². The molecule has 0 spiro atoms. The minimum atomic E-state index is 0.624. The van der Waals surface area contributed by atoms with E-state index in [0.717, 1.165) is 49.9 Å². The first-order valence-corrected chi connectivity index (χ1v) is 17.2. The minimum Gasteiger partial charge on any atom is -0.309 e. The summed E-state index contributed by atoms with van der Waals surface area (Å²) in [4.78, 5) is 15.4. The van der Waals surface area contributed by atoms with Crippen LogP contribution in [0.3, 0.4) is 0 Å². The van der Waals surface area contributed by atoms with Crippen molar-refractivity contribution in [1.29, 1.82) is 0 Å². The fraction of sp³-hybridized carbons (Fsp3) is 0. The Morgan fingerprint density at radius 2 is 0.804 bits per heavy atom. The Morgan fingerprint density at radius 1 is 0.314 bits per heavy atom. The Kier molecular flexibility index (Phi) is 6.78. The Bertz CT molecular complexity index is 2860. The second kappa shape index (κ2) is 11.9. The highest BCUT2D eigenvalue weighted by molar-refractivity contribution is 6.10. The van der Waals surface area contributed by atoms with E-state index in [1.165, 1.54) is 26.9 Å². The van der Waals surface area contributed by atoms with Crippen LogP contribution < -0.4 is 0 Å². The van der Waals surface area contributed by atoms with E-state index in [1.807, 2.05) is 18.2 Å². The molecule has 4 heteroatoms. The van der Waals surface area contributed by atoms with Crippen LogP contribution in [0.4, 0.5) is 0 Å². The van der Waals surface area contributed by atoms with Crippen LogP contribution in [0.25, 0.3) is 94.3 Å². The third-order valence-corrected chi connectivity index (χ3v) is 9.83. The second-order valence-corrected chi connectivity index (χ2v) is 12.9. The number of nitrogens with zero attached hydrogens (tertiary/aromatic N) is 4. The summed E-state index contributed by atoms with van der Waals surface area (Å²) in [5.41, 5.74) is 8.45. The Hall–Kier alpha value is -6.91. The molecule has 0 saturated carbocycles. The number of para-hydroxylation sites is 2. The van der Waals surface area contributed by atoms with E-state index >= 15 is 0 Å². The maximum Gasteiger partial charge on any atom is 0.164 e. The van der Waals surface area contributed by atoms with Crippen LogP contribution in [-0.2, 0) is 0 Å². The molecule has 10 aromatic rings. The van der Waals surface area contributed by atoms with Crippen molar-refractivity contribution in [3.8, 4) is 51.0 Å². The fourth-order valence-electron chi connectivity index (χ4n) is 7.40. The van der Waals surface area contributed by atoms with Gasteiger partial charge < -0.3 is 4.57 Å². The lowest BCUT2D eigenvalue weighted by molar-refractivity contribution is 1.07. The number of hydrogen-bond acceptors (Lipinski definition) is 3. The Morgan fingerprint density at radius 3 is 1.49 bits per heavy atom. The molecule has 0 aliphatic rings. The molecule has 0 fully saturated rings. The number of rotatable bonds is 5. The van der Waals surface area contributed by atoms with E-state index in [9.17, 15) is 0 Å². The van der Waals surface area contributed by atoms with Crippen LogP contribution in [-0.4, -0.2) is 19.5 Å². The maximum absolute atomic E-state index is 5.19. The summed E-state index contributed by atoms with van der Waals surface area (Å²) < 4.78 is 2.38. The van der Waals surface area contributed by atoms with Crippen molar-refractivity contribution in [1.82, 2.24) is 19.5 Å². The molecule has 0 N–H and O–H groups in total. The predicted molar refractivity (Wildman–Crippen MR) is 211 cm³/mol. The van der Waals surface area contributed by atoms with Gasteiger partial charge in [0, 0.05) is 33.0 Å². The van der Waals surface area contributed by atoms with E-state index < -0.39 is 0 Å². The van der Waals surface area contributed by atoms with Gasteiger partial charge >= 0.3 is 0 Å². The third-order valence-electron chi connectivity index (χ3n) is 9.83. The molecule has 0 unspecified atom stereocenters. The van der Waals surface area contributed by atoms with Gasteiger partial charge in [-0.1, -0.05) is 158 Å². The van der Waals surface area contributed by atoms with Gasteiger partial charge in [-0.05, 0) is 51.4 Å². The molecule has 238 valence electrons. The Balaban J connectivity index is 1.21. The van der Waals surface area contributed by atoms with Gasteiger partial charge in [-0.15, -0.1) is 0 Å². The van der Waals surface area contributed by atoms with E-state index in [2.05, 4.69) is 168 Å². The van der Waals surface area contributed by atoms with Crippen LogP contribution >= 0.6 is 0 Å². The predicted octanol–water partition coefficient (Wildman–Crippen LogP) is 11.9. The van der Waals surface area contributed by atoms with Crippen molar-refractivity contribution in [2.45, 2.75) is 0 Å². The molecular formula is C47H30N4. The minimum absolute atomic E-state index is 0.624. The molecule has 8 aromatic carbocycles. The second-order valence-electron chi connectivity index (χ2n) is 12.9. The molecule has 10 rings (SSSR count). The van der Waals surface area contributed by atoms with Gasteiger partial charge in [0.15, 0.2) is 17.5 Å². The SMILES string of the molecule is c1ccc(-c2nc(-c3ccc(-c4ccccc4)c(-n4c5ccccc5c5ccccc54)c3)nc(-c3ccc4c(ccc5ccccc54)c3)n2)cc1. The molecule has 0 atom stereocenters. The highest BCUT2D eigenvalue weighted by atomic mass is 15.0. The van der Waals surface area contributed by atoms with Crippen LogP contribution in [0.5, 0.6) is 0 Å². The smallest absolute Gasteiger partial charge is 0.164 e. The lowest BCUT2D eigenvalue weighted by Gasteiger charge is -2.16. The van der Waals surface area contributed by atoms with Crippen molar-refractivity contribution in [3.05, 3.63) is 182 Å². The van der Waals surface area contributed by atoms with Gasteiger partial charge in [0.05, 0.1) is 16.7 Å². The van der Waals surface area contributed by atoms with Crippen LogP contribution in [0.15, 0.2) is 182 Å². The summed E-state index contributed by atoms with van der Waals surface area (Å²) >= 11 is 0. The van der Waals surface area contributed by atoms with Crippen molar-refractivity contribution >= 4 is 43.4 Å². The van der Waals surface area contributed by atoms with E-state index in [0.29, 0.717) is 17.5 Å². The quantitative estimate of drug-likeness (QED) is 0.174. The van der Waals surface area contributed by atoms with E-state index in [4.69, 9.17) is 15.0 Å². The van der Waals surface area contributed by atoms with Gasteiger partial charge in [0.25, 0.3) is 0 Å². The number of benzene rings is 8. The number of aromatic nitrogens is 4. The van der Waals surface area contributed by atoms with Crippen molar-refractivity contribution < 1.29 is 0 Å². The highest BCUT2D eigenvalue weighted by Crippen LogP contribution is 2.38. The van der Waals surface area contributed by atoms with Crippen LogP contribution in [0, 0.1) is 0 Å². The molecule has 4 nitrogen and oxygen atoms in total. The molecule has 2 aromatic heterocycles. The molecule has 2 heterocycles. The normalized spacial score (nSPS) is 11.5. The zero-order valence-corrected chi connectivity index (χ0v) is 27.6. The first-order valence-electron chi connectivity index (χ1n) is 17.2. The van der Waals surface area contributed by atoms with Crippen molar-refractivity contribution in [2.75, 3.05) is 0 Å². The molecular weight excluding hydrogens is 621 g/mol. The summed E-state index contributed by atoms with van der Waals surface area (Å²) in [5.74, 6) is 1.90. The van der Waals surface area contributed by atoms with Gasteiger partial charge in [0.2, 0.25) is 0 Å². The molecule has 0 bridgehead atoms. The molecule has 0 saturated heterocycles. The van der Waals surface area contributed by atoms with Gasteiger partial charge in [-0.25, -0.2) is 15.0 Å². The maximum atomic E-state index is 5.19. The molecule has 51 heavy (non-hydrogen) atoms. The summed E-state index contributed by atoms with van der Waals surface area (Å²) in [7, 11) is 0.